The SMILES string of the molecule is CC1(C)CC(NCCOCCN(CCOCCNC2=C(C(=O)OCCO)C(=C(C#N)C#N)CC(C)(C)C2)CCOCCNC2=C(C(=O)OCCO)C(=C(C#N)C#N)CC(C)(C)C2)=C(C(=O)OCCO)C(=C(C#N)C#N)C1. The molecule has 0 heterocycles. The van der Waals surface area contributed by atoms with Crippen LogP contribution >= 0.6 is 0 Å². The first-order valence-corrected chi connectivity index (χ1v) is 25.1. The first-order valence-electron chi connectivity index (χ1n) is 25.1. The molecule has 0 radical (unpaired) electrons. The van der Waals surface area contributed by atoms with E-state index < -0.39 is 54.0 Å². The summed E-state index contributed by atoms with van der Waals surface area (Å²) in [6.45, 7) is 13.5. The average Bonchev–Trinajstić information content (AvgIpc) is 3.37. The van der Waals surface area contributed by atoms with Crippen molar-refractivity contribution in [3.05, 3.63) is 67.2 Å². The summed E-state index contributed by atoms with van der Waals surface area (Å²) >= 11 is 0. The lowest BCUT2D eigenvalue weighted by atomic mass is 9.72. The van der Waals surface area contributed by atoms with Crippen LogP contribution in [-0.4, -0.2) is 157 Å². The van der Waals surface area contributed by atoms with Crippen molar-refractivity contribution in [2.75, 3.05) is 119 Å². The Morgan fingerprint density at radius 2 is 0.684 bits per heavy atom. The van der Waals surface area contributed by atoms with Gasteiger partial charge in [-0.1, -0.05) is 41.5 Å². The third-order valence-electron chi connectivity index (χ3n) is 12.3. The molecule has 22 heteroatoms. The number of rotatable bonds is 30. The normalized spacial score (nSPS) is 16.5. The van der Waals surface area contributed by atoms with Gasteiger partial charge in [0.2, 0.25) is 0 Å². The Morgan fingerprint density at radius 3 is 0.908 bits per heavy atom. The minimum absolute atomic E-state index is 0.102. The van der Waals surface area contributed by atoms with Gasteiger partial charge in [0.25, 0.3) is 0 Å². The second-order valence-corrected chi connectivity index (χ2v) is 20.4. The Bertz CT molecular complexity index is 2230. The van der Waals surface area contributed by atoms with Crippen LogP contribution in [0.3, 0.4) is 0 Å². The van der Waals surface area contributed by atoms with Crippen molar-refractivity contribution in [2.45, 2.75) is 80.1 Å². The van der Waals surface area contributed by atoms with Crippen LogP contribution in [0.1, 0.15) is 80.1 Å². The first kappa shape index (κ1) is 63.2. The molecule has 0 aromatic rings. The molecule has 3 aliphatic rings. The molecule has 0 spiro atoms. The van der Waals surface area contributed by atoms with E-state index in [-0.39, 0.29) is 129 Å². The molecule has 0 aromatic carbocycles. The van der Waals surface area contributed by atoms with Crippen molar-refractivity contribution < 1.29 is 58.1 Å². The number of aliphatic hydroxyl groups excluding tert-OH is 3. The molecule has 3 aliphatic carbocycles. The van der Waals surface area contributed by atoms with Crippen LogP contribution in [-0.2, 0) is 42.8 Å². The van der Waals surface area contributed by atoms with E-state index in [2.05, 4.69) is 20.9 Å². The minimum atomic E-state index is -0.748. The van der Waals surface area contributed by atoms with E-state index >= 15 is 0 Å². The summed E-state index contributed by atoms with van der Waals surface area (Å²) in [4.78, 5) is 41.7. The molecule has 0 amide bonds. The van der Waals surface area contributed by atoms with Gasteiger partial charge < -0.3 is 59.7 Å². The molecule has 0 saturated carbocycles. The predicted octanol–water partition coefficient (Wildman–Crippen LogP) is 2.97. The molecule has 0 unspecified atom stereocenters. The molecular weight excluding hydrogens is 981 g/mol. The van der Waals surface area contributed by atoms with Gasteiger partial charge in [-0.25, -0.2) is 14.4 Å². The topological polar surface area (TPSA) is 349 Å². The molecule has 410 valence electrons. The Hall–Kier alpha value is -7.09. The summed E-state index contributed by atoms with van der Waals surface area (Å²) in [5.41, 5.74) is 0.874. The number of hydrogen-bond acceptors (Lipinski definition) is 22. The lowest BCUT2D eigenvalue weighted by Crippen LogP contribution is -2.36. The molecular formula is C54H72N10O12. The number of carbonyl (C=O) groups is 3. The predicted molar refractivity (Wildman–Crippen MR) is 272 cm³/mol. The van der Waals surface area contributed by atoms with E-state index in [4.69, 9.17) is 28.4 Å². The Balaban J connectivity index is 1.74. The molecule has 0 aliphatic heterocycles. The lowest BCUT2D eigenvalue weighted by Gasteiger charge is -2.34. The molecule has 0 atom stereocenters. The van der Waals surface area contributed by atoms with E-state index in [0.717, 1.165) is 0 Å². The monoisotopic (exact) mass is 1050 g/mol. The van der Waals surface area contributed by atoms with Gasteiger partial charge in [0, 0.05) is 56.4 Å². The van der Waals surface area contributed by atoms with E-state index in [1.807, 2.05) is 78.0 Å². The second kappa shape index (κ2) is 31.7. The summed E-state index contributed by atoms with van der Waals surface area (Å²) in [5.74, 6) is -2.24. The van der Waals surface area contributed by atoms with E-state index in [1.54, 1.807) is 0 Å². The Morgan fingerprint density at radius 1 is 0.434 bits per heavy atom. The van der Waals surface area contributed by atoms with Crippen LogP contribution in [0.4, 0.5) is 0 Å². The number of esters is 3. The van der Waals surface area contributed by atoms with Gasteiger partial charge in [-0.2, -0.15) is 31.6 Å². The summed E-state index contributed by atoms with van der Waals surface area (Å²) in [5, 5.41) is 96.0. The van der Waals surface area contributed by atoms with Gasteiger partial charge in [0.15, 0.2) is 0 Å². The maximum Gasteiger partial charge on any atom is 0.340 e. The molecule has 6 N–H and O–H groups in total. The van der Waals surface area contributed by atoms with E-state index in [0.29, 0.717) is 75.3 Å². The lowest BCUT2D eigenvalue weighted by molar-refractivity contribution is -0.140. The van der Waals surface area contributed by atoms with Gasteiger partial charge in [-0.05, 0) is 71.5 Å². The van der Waals surface area contributed by atoms with Gasteiger partial charge >= 0.3 is 17.9 Å². The summed E-state index contributed by atoms with van der Waals surface area (Å²) in [7, 11) is 0. The van der Waals surface area contributed by atoms with Crippen LogP contribution < -0.4 is 16.0 Å². The van der Waals surface area contributed by atoms with Crippen molar-refractivity contribution in [3.63, 3.8) is 0 Å². The largest absolute Gasteiger partial charge is 0.460 e. The minimum Gasteiger partial charge on any atom is -0.460 e. The number of aliphatic hydroxyl groups is 3. The van der Waals surface area contributed by atoms with E-state index in [1.165, 1.54) is 0 Å². The molecule has 22 nitrogen and oxygen atoms in total. The molecule has 0 aromatic heterocycles. The Labute approximate surface area is 445 Å². The van der Waals surface area contributed by atoms with Gasteiger partial charge in [0.05, 0.1) is 76.2 Å². The quantitative estimate of drug-likeness (QED) is 0.0261. The average molecular weight is 1050 g/mol. The fourth-order valence-electron chi connectivity index (χ4n) is 9.12. The van der Waals surface area contributed by atoms with Gasteiger partial charge in [0.1, 0.15) is 73.0 Å². The standard InChI is InChI=1S/C54H72N10O12/c1-52(2)25-40(37(31-55)32-56)46(49(68)74-22-13-65)43(28-52)61-7-16-71-19-10-64(11-20-72-17-8-62-44-29-53(3,4)26-41(38(33-57)34-58)47(44)50(69)75-23-14-66)12-21-73-18-9-63-45-30-54(5,6)27-42(39(35-59)36-60)48(45)51(70)76-24-15-67/h61-63,65-67H,7-30H2,1-6H3. The van der Waals surface area contributed by atoms with Crippen LogP contribution in [0.2, 0.25) is 0 Å². The third kappa shape index (κ3) is 19.6. The number of hydrogen-bond donors (Lipinski definition) is 6. The van der Waals surface area contributed by atoms with Gasteiger partial charge in [-0.3, -0.25) is 4.90 Å². The fraction of sp³-hybridized carbons (Fsp3) is 0.611. The smallest absolute Gasteiger partial charge is 0.340 e. The molecule has 0 fully saturated rings. The van der Waals surface area contributed by atoms with E-state index in [9.17, 15) is 61.3 Å². The molecule has 0 saturated heterocycles. The van der Waals surface area contributed by atoms with Crippen molar-refractivity contribution in [2.24, 2.45) is 16.2 Å². The maximum absolute atomic E-state index is 13.2. The van der Waals surface area contributed by atoms with Crippen LogP contribution in [0.5, 0.6) is 0 Å². The zero-order valence-electron chi connectivity index (χ0n) is 44.6. The molecule has 0 bridgehead atoms. The highest BCUT2D eigenvalue weighted by atomic mass is 16.5. The van der Waals surface area contributed by atoms with Crippen LogP contribution in [0.15, 0.2) is 67.2 Å². The number of allylic oxidation sites excluding steroid dienone is 6. The van der Waals surface area contributed by atoms with Gasteiger partial charge in [-0.15, -0.1) is 0 Å². The fourth-order valence-corrected chi connectivity index (χ4v) is 9.12. The molecule has 76 heavy (non-hydrogen) atoms. The van der Waals surface area contributed by atoms with Crippen molar-refractivity contribution in [3.8, 4) is 36.4 Å². The first-order chi connectivity index (χ1) is 36.3. The highest BCUT2D eigenvalue weighted by Gasteiger charge is 2.39. The molecule has 3 rings (SSSR count). The van der Waals surface area contributed by atoms with Crippen molar-refractivity contribution in [1.29, 1.82) is 31.6 Å². The van der Waals surface area contributed by atoms with Crippen LogP contribution in [0, 0.1) is 84.2 Å². The number of nitriles is 6. The third-order valence-corrected chi connectivity index (χ3v) is 12.3. The Kier molecular flexibility index (Phi) is 26.4. The van der Waals surface area contributed by atoms with Crippen LogP contribution in [0.25, 0.3) is 0 Å². The highest BCUT2D eigenvalue weighted by molar-refractivity contribution is 5.97. The van der Waals surface area contributed by atoms with Crippen molar-refractivity contribution in [1.82, 2.24) is 20.9 Å². The second-order valence-electron chi connectivity index (χ2n) is 20.4. The summed E-state index contributed by atoms with van der Waals surface area (Å²) < 4.78 is 33.8. The zero-order valence-corrected chi connectivity index (χ0v) is 44.6. The summed E-state index contributed by atoms with van der Waals surface area (Å²) in [6, 6.07) is 11.4. The summed E-state index contributed by atoms with van der Waals surface area (Å²) in [6.07, 6.45) is 2.16. The maximum atomic E-state index is 13.2. The number of carbonyl (C=O) groups excluding carboxylic acids is 3. The number of nitrogens with one attached hydrogen (secondary N) is 3. The van der Waals surface area contributed by atoms with Crippen molar-refractivity contribution >= 4 is 17.9 Å². The number of nitrogens with zero attached hydrogens (tertiary/aromatic N) is 7. The highest BCUT2D eigenvalue weighted by Crippen LogP contribution is 2.45. The number of ether oxygens (including phenoxy) is 6. The zero-order chi connectivity index (χ0) is 56.3.